The van der Waals surface area contributed by atoms with Gasteiger partial charge in [0, 0.05) is 11.3 Å². The van der Waals surface area contributed by atoms with Gasteiger partial charge in [0.2, 0.25) is 0 Å². The van der Waals surface area contributed by atoms with Crippen LogP contribution in [0.15, 0.2) is 29.0 Å². The molecule has 0 saturated heterocycles. The first kappa shape index (κ1) is 10.4. The predicted octanol–water partition coefficient (Wildman–Crippen LogP) is 3.54. The molecule has 0 amide bonds. The largest absolute Gasteiger partial charge is 0.336 e. The van der Waals surface area contributed by atoms with E-state index in [1.807, 2.05) is 6.92 Å². The van der Waals surface area contributed by atoms with Gasteiger partial charge in [0.15, 0.2) is 4.73 Å². The molecule has 0 atom stereocenters. The van der Waals surface area contributed by atoms with E-state index in [1.165, 1.54) is 6.07 Å². The van der Waals surface area contributed by atoms with Crippen LogP contribution in [0.25, 0.3) is 11.3 Å². The van der Waals surface area contributed by atoms with Gasteiger partial charge in [0.1, 0.15) is 5.82 Å². The smallest absolute Gasteiger partial charge is 0.175 e. The minimum Gasteiger partial charge on any atom is -0.336 e. The zero-order valence-electron chi connectivity index (χ0n) is 8.22. The first-order valence-corrected chi connectivity index (χ1v) is 5.51. The zero-order valence-corrected chi connectivity index (χ0v) is 9.81. The second-order valence-electron chi connectivity index (χ2n) is 3.19. The summed E-state index contributed by atoms with van der Waals surface area (Å²) in [6, 6.07) is 6.65. The fourth-order valence-corrected chi connectivity index (χ4v) is 1.93. The summed E-state index contributed by atoms with van der Waals surface area (Å²) < 4.78 is 14.2. The lowest BCUT2D eigenvalue weighted by Gasteiger charge is -2.01. The lowest BCUT2D eigenvalue weighted by molar-refractivity contribution is 0.630. The van der Waals surface area contributed by atoms with Gasteiger partial charge >= 0.3 is 0 Å². The lowest BCUT2D eigenvalue weighted by atomic mass is 10.1. The summed E-state index contributed by atoms with van der Waals surface area (Å²) >= 11 is 3.26. The second-order valence-corrected chi connectivity index (χ2v) is 3.94. The Morgan fingerprint density at radius 2 is 2.13 bits per heavy atom. The number of nitrogens with one attached hydrogen (secondary N) is 1. The van der Waals surface area contributed by atoms with Crippen LogP contribution in [0.3, 0.4) is 0 Å². The summed E-state index contributed by atoms with van der Waals surface area (Å²) in [5.41, 5.74) is 2.16. The molecule has 0 unspecified atom stereocenters. The van der Waals surface area contributed by atoms with E-state index in [0.29, 0.717) is 16.0 Å². The molecule has 2 nitrogen and oxygen atoms in total. The van der Waals surface area contributed by atoms with Gasteiger partial charge in [-0.05, 0) is 34.5 Å². The van der Waals surface area contributed by atoms with Crippen molar-refractivity contribution in [2.45, 2.75) is 13.3 Å². The number of hydrogen-bond donors (Lipinski definition) is 1. The van der Waals surface area contributed by atoms with Crippen LogP contribution in [0, 0.1) is 5.82 Å². The number of H-pyrrole nitrogens is 1. The molecule has 15 heavy (non-hydrogen) atoms. The number of benzene rings is 1. The van der Waals surface area contributed by atoms with Crippen molar-refractivity contribution < 1.29 is 4.39 Å². The number of aryl methyl sites for hydroxylation is 1. The Bertz CT molecular complexity index is 479. The van der Waals surface area contributed by atoms with Crippen molar-refractivity contribution in [3.05, 3.63) is 40.5 Å². The number of imidazole rings is 1. The average molecular weight is 269 g/mol. The molecule has 1 N–H and O–H groups in total. The Labute approximate surface area is 95.7 Å². The monoisotopic (exact) mass is 268 g/mol. The predicted molar refractivity (Wildman–Crippen MR) is 61.1 cm³/mol. The Balaban J connectivity index is 2.58. The molecule has 2 aromatic rings. The highest BCUT2D eigenvalue weighted by Crippen LogP contribution is 2.26. The van der Waals surface area contributed by atoms with Gasteiger partial charge in [-0.15, -0.1) is 0 Å². The summed E-state index contributed by atoms with van der Waals surface area (Å²) in [4.78, 5) is 7.29. The van der Waals surface area contributed by atoms with Crippen LogP contribution in [0.1, 0.15) is 12.6 Å². The van der Waals surface area contributed by atoms with Crippen LogP contribution in [-0.4, -0.2) is 9.97 Å². The highest BCUT2D eigenvalue weighted by atomic mass is 79.9. The first-order chi connectivity index (χ1) is 7.22. The van der Waals surface area contributed by atoms with Crippen LogP contribution in [0.5, 0.6) is 0 Å². The van der Waals surface area contributed by atoms with Crippen LogP contribution >= 0.6 is 15.9 Å². The SMILES string of the molecule is CCc1[nH]c(Br)nc1-c1ccccc1F. The van der Waals surface area contributed by atoms with E-state index >= 15 is 0 Å². The average Bonchev–Trinajstić information content (AvgIpc) is 2.60. The highest BCUT2D eigenvalue weighted by molar-refractivity contribution is 9.10. The van der Waals surface area contributed by atoms with Crippen LogP contribution in [0.4, 0.5) is 4.39 Å². The molecular formula is C11H10BrFN2. The molecule has 4 heteroatoms. The van der Waals surface area contributed by atoms with Crippen molar-refractivity contribution in [2.24, 2.45) is 0 Å². The van der Waals surface area contributed by atoms with E-state index in [2.05, 4.69) is 25.9 Å². The topological polar surface area (TPSA) is 28.7 Å². The second kappa shape index (κ2) is 4.14. The number of rotatable bonds is 2. The molecule has 0 bridgehead atoms. The molecule has 1 aromatic carbocycles. The number of aromatic amines is 1. The van der Waals surface area contributed by atoms with Crippen molar-refractivity contribution in [1.29, 1.82) is 0 Å². The first-order valence-electron chi connectivity index (χ1n) is 4.71. The van der Waals surface area contributed by atoms with Crippen LogP contribution in [-0.2, 0) is 6.42 Å². The fourth-order valence-electron chi connectivity index (χ4n) is 1.51. The summed E-state index contributed by atoms with van der Waals surface area (Å²) in [6.45, 7) is 2.00. The Morgan fingerprint density at radius 3 is 2.80 bits per heavy atom. The van der Waals surface area contributed by atoms with Crippen molar-refractivity contribution >= 4 is 15.9 Å². The molecule has 0 spiro atoms. The van der Waals surface area contributed by atoms with Crippen molar-refractivity contribution in [3.8, 4) is 11.3 Å². The van der Waals surface area contributed by atoms with Crippen molar-refractivity contribution in [1.82, 2.24) is 9.97 Å². The molecule has 0 aliphatic rings. The van der Waals surface area contributed by atoms with E-state index in [1.54, 1.807) is 18.2 Å². The molecule has 2 rings (SSSR count). The minimum absolute atomic E-state index is 0.244. The maximum atomic E-state index is 13.5. The number of halogens is 2. The minimum atomic E-state index is -0.244. The maximum Gasteiger partial charge on any atom is 0.175 e. The molecule has 0 aliphatic carbocycles. The molecule has 0 saturated carbocycles. The Hall–Kier alpha value is -1.16. The van der Waals surface area contributed by atoms with Gasteiger partial charge in [-0.1, -0.05) is 19.1 Å². The molecule has 1 aromatic heterocycles. The van der Waals surface area contributed by atoms with E-state index < -0.39 is 0 Å². The summed E-state index contributed by atoms with van der Waals surface area (Å²) in [6.07, 6.45) is 0.794. The normalized spacial score (nSPS) is 10.6. The quantitative estimate of drug-likeness (QED) is 0.887. The van der Waals surface area contributed by atoms with Crippen molar-refractivity contribution in [2.75, 3.05) is 0 Å². The van der Waals surface area contributed by atoms with Gasteiger partial charge < -0.3 is 4.98 Å². The molecular weight excluding hydrogens is 259 g/mol. The highest BCUT2D eigenvalue weighted by Gasteiger charge is 2.12. The van der Waals surface area contributed by atoms with E-state index in [0.717, 1.165) is 12.1 Å². The van der Waals surface area contributed by atoms with Crippen LogP contribution in [0.2, 0.25) is 0 Å². The van der Waals surface area contributed by atoms with E-state index in [4.69, 9.17) is 0 Å². The van der Waals surface area contributed by atoms with Gasteiger partial charge in [-0.3, -0.25) is 0 Å². The fraction of sp³-hybridized carbons (Fsp3) is 0.182. The molecule has 0 fully saturated rings. The van der Waals surface area contributed by atoms with Gasteiger partial charge in [0.05, 0.1) is 5.69 Å². The third-order valence-corrected chi connectivity index (χ3v) is 2.61. The van der Waals surface area contributed by atoms with Gasteiger partial charge in [-0.25, -0.2) is 9.37 Å². The third kappa shape index (κ3) is 1.95. The number of hydrogen-bond acceptors (Lipinski definition) is 1. The molecule has 1 heterocycles. The summed E-state index contributed by atoms with van der Waals surface area (Å²) in [7, 11) is 0. The standard InChI is InChI=1S/C11H10BrFN2/c1-2-9-10(15-11(12)14-9)7-5-3-4-6-8(7)13/h3-6H,2H2,1H3,(H,14,15). The Kier molecular flexibility index (Phi) is 2.86. The van der Waals surface area contributed by atoms with Crippen LogP contribution < -0.4 is 0 Å². The molecule has 0 aliphatic heterocycles. The van der Waals surface area contributed by atoms with E-state index in [-0.39, 0.29) is 5.82 Å². The summed E-state index contributed by atoms with van der Waals surface area (Å²) in [5.74, 6) is -0.244. The summed E-state index contributed by atoms with van der Waals surface area (Å²) in [5, 5.41) is 0. The van der Waals surface area contributed by atoms with E-state index in [9.17, 15) is 4.39 Å². The third-order valence-electron chi connectivity index (χ3n) is 2.23. The number of nitrogens with zero attached hydrogens (tertiary/aromatic N) is 1. The zero-order chi connectivity index (χ0) is 10.8. The Morgan fingerprint density at radius 1 is 1.40 bits per heavy atom. The number of aromatic nitrogens is 2. The maximum absolute atomic E-state index is 13.5. The van der Waals surface area contributed by atoms with Gasteiger partial charge in [-0.2, -0.15) is 0 Å². The lowest BCUT2D eigenvalue weighted by Crippen LogP contribution is -1.89. The molecule has 78 valence electrons. The molecule has 0 radical (unpaired) electrons. The van der Waals surface area contributed by atoms with Crippen molar-refractivity contribution in [3.63, 3.8) is 0 Å². The van der Waals surface area contributed by atoms with Gasteiger partial charge in [0.25, 0.3) is 0 Å².